The summed E-state index contributed by atoms with van der Waals surface area (Å²) in [5.74, 6) is 0. The fourth-order valence-corrected chi connectivity index (χ4v) is 7.34. The summed E-state index contributed by atoms with van der Waals surface area (Å²) >= 11 is -1.23. The molecule has 2 nitrogen and oxygen atoms in total. The Labute approximate surface area is 111 Å². The van der Waals surface area contributed by atoms with Crippen molar-refractivity contribution < 1.29 is 0 Å². The first-order valence-electron chi connectivity index (χ1n) is 6.63. The van der Waals surface area contributed by atoms with E-state index in [0.29, 0.717) is 0 Å². The quantitative estimate of drug-likeness (QED) is 0.711. The van der Waals surface area contributed by atoms with Crippen LogP contribution < -0.4 is 4.35 Å². The van der Waals surface area contributed by atoms with Crippen LogP contribution in [0.15, 0.2) is 30.3 Å². The van der Waals surface area contributed by atoms with E-state index in [1.807, 2.05) is 0 Å². The molecule has 0 bridgehead atoms. The second kappa shape index (κ2) is 7.92. The minimum absolute atomic E-state index is 1.15. The summed E-state index contributed by atoms with van der Waals surface area (Å²) in [4.78, 5) is 0. The zero-order valence-corrected chi connectivity index (χ0v) is 13.4. The molecule has 0 aromatic heterocycles. The van der Waals surface area contributed by atoms with Gasteiger partial charge in [-0.1, -0.05) is 0 Å². The summed E-state index contributed by atoms with van der Waals surface area (Å²) in [6.45, 7) is 13.7. The number of benzene rings is 1. The monoisotopic (exact) mass is 296 g/mol. The SMILES string of the molecule is CCN(CC)[As](c1ccccc1)N(CC)CC. The van der Waals surface area contributed by atoms with Crippen molar-refractivity contribution in [2.75, 3.05) is 26.2 Å². The van der Waals surface area contributed by atoms with Crippen molar-refractivity contribution in [1.29, 1.82) is 0 Å². The summed E-state index contributed by atoms with van der Waals surface area (Å²) < 4.78 is 6.87. The van der Waals surface area contributed by atoms with Crippen molar-refractivity contribution in [2.24, 2.45) is 0 Å². The van der Waals surface area contributed by atoms with Gasteiger partial charge in [0.2, 0.25) is 0 Å². The van der Waals surface area contributed by atoms with Crippen molar-refractivity contribution in [2.45, 2.75) is 27.7 Å². The maximum absolute atomic E-state index is 2.66. The Kier molecular flexibility index (Phi) is 6.87. The molecule has 0 unspecified atom stereocenters. The number of hydrogen-bond donors (Lipinski definition) is 0. The van der Waals surface area contributed by atoms with Crippen molar-refractivity contribution in [1.82, 2.24) is 7.63 Å². The molecule has 0 radical (unpaired) electrons. The maximum atomic E-state index is 2.66. The first-order chi connectivity index (χ1) is 8.28. The summed E-state index contributed by atoms with van der Waals surface area (Å²) in [5.41, 5.74) is 0. The van der Waals surface area contributed by atoms with Crippen LogP contribution in [0.2, 0.25) is 0 Å². The van der Waals surface area contributed by atoms with E-state index >= 15 is 0 Å². The molecule has 0 amide bonds. The molecule has 0 aliphatic carbocycles. The molecule has 1 aromatic rings. The van der Waals surface area contributed by atoms with Crippen LogP contribution in [0.3, 0.4) is 0 Å². The molecule has 0 saturated carbocycles. The molecular weight excluding hydrogens is 271 g/mol. The third-order valence-electron chi connectivity index (χ3n) is 2.98. The van der Waals surface area contributed by atoms with Gasteiger partial charge in [-0.25, -0.2) is 0 Å². The van der Waals surface area contributed by atoms with E-state index < -0.39 is 15.1 Å². The standard InChI is InChI=1S/C14H25AsN2/c1-5-16(6-2)15(17(7-3)8-4)14-12-10-9-11-13-14/h9-13H,5-8H2,1-4H3. The van der Waals surface area contributed by atoms with E-state index in [-0.39, 0.29) is 0 Å². The second-order valence-electron chi connectivity index (χ2n) is 3.90. The van der Waals surface area contributed by atoms with E-state index in [1.165, 1.54) is 0 Å². The minimum atomic E-state index is -1.23. The molecule has 1 aromatic carbocycles. The van der Waals surface area contributed by atoms with Crippen molar-refractivity contribution >= 4 is 19.5 Å². The van der Waals surface area contributed by atoms with Gasteiger partial charge >= 0.3 is 111 Å². The Morgan fingerprint density at radius 2 is 1.18 bits per heavy atom. The predicted octanol–water partition coefficient (Wildman–Crippen LogP) is 2.07. The van der Waals surface area contributed by atoms with Gasteiger partial charge in [0.1, 0.15) is 0 Å². The Hall–Kier alpha value is -0.302. The van der Waals surface area contributed by atoms with Crippen LogP contribution in [0.4, 0.5) is 0 Å². The average molecular weight is 296 g/mol. The molecule has 0 heterocycles. The van der Waals surface area contributed by atoms with Crippen LogP contribution >= 0.6 is 0 Å². The van der Waals surface area contributed by atoms with Crippen molar-refractivity contribution in [3.63, 3.8) is 0 Å². The van der Waals surface area contributed by atoms with Crippen LogP contribution in [0.1, 0.15) is 27.7 Å². The Balaban J connectivity index is 3.01. The van der Waals surface area contributed by atoms with Gasteiger partial charge in [-0.15, -0.1) is 0 Å². The van der Waals surface area contributed by atoms with E-state index in [9.17, 15) is 0 Å². The zero-order valence-electron chi connectivity index (χ0n) is 11.6. The van der Waals surface area contributed by atoms with Gasteiger partial charge in [0.15, 0.2) is 0 Å². The molecule has 0 atom stereocenters. The zero-order chi connectivity index (χ0) is 12.7. The first kappa shape index (κ1) is 14.8. The van der Waals surface area contributed by atoms with Crippen LogP contribution in [0.25, 0.3) is 0 Å². The van der Waals surface area contributed by atoms with Gasteiger partial charge in [0, 0.05) is 0 Å². The van der Waals surface area contributed by atoms with E-state index in [1.54, 1.807) is 4.35 Å². The fourth-order valence-electron chi connectivity index (χ4n) is 2.05. The Morgan fingerprint density at radius 3 is 1.53 bits per heavy atom. The molecule has 0 aliphatic heterocycles. The van der Waals surface area contributed by atoms with Gasteiger partial charge in [-0.2, -0.15) is 0 Å². The summed E-state index contributed by atoms with van der Waals surface area (Å²) in [7, 11) is 0. The topological polar surface area (TPSA) is 6.48 Å². The van der Waals surface area contributed by atoms with E-state index in [4.69, 9.17) is 0 Å². The second-order valence-corrected chi connectivity index (χ2v) is 8.57. The summed E-state index contributed by atoms with van der Waals surface area (Å²) in [6, 6.07) is 11.1. The molecular formula is C14H25AsN2. The van der Waals surface area contributed by atoms with E-state index in [2.05, 4.69) is 65.7 Å². The van der Waals surface area contributed by atoms with Crippen LogP contribution in [-0.4, -0.2) is 48.9 Å². The molecule has 0 fully saturated rings. The molecule has 0 N–H and O–H groups in total. The van der Waals surface area contributed by atoms with Gasteiger partial charge in [-0.05, 0) is 0 Å². The summed E-state index contributed by atoms with van der Waals surface area (Å²) in [5, 5.41) is 0. The van der Waals surface area contributed by atoms with Gasteiger partial charge in [0.25, 0.3) is 0 Å². The molecule has 0 spiro atoms. The number of hydrogen-bond acceptors (Lipinski definition) is 2. The van der Waals surface area contributed by atoms with Gasteiger partial charge in [-0.3, -0.25) is 0 Å². The van der Waals surface area contributed by atoms with E-state index in [0.717, 1.165) is 26.2 Å². The number of rotatable bonds is 7. The predicted molar refractivity (Wildman–Crippen MR) is 77.7 cm³/mol. The van der Waals surface area contributed by atoms with Crippen LogP contribution in [-0.2, 0) is 0 Å². The Bertz CT molecular complexity index is 282. The fraction of sp³-hybridized carbons (Fsp3) is 0.571. The van der Waals surface area contributed by atoms with Gasteiger partial charge < -0.3 is 0 Å². The first-order valence-corrected chi connectivity index (χ1v) is 9.24. The van der Waals surface area contributed by atoms with Crippen molar-refractivity contribution in [3.8, 4) is 0 Å². The van der Waals surface area contributed by atoms with Gasteiger partial charge in [0.05, 0.1) is 0 Å². The number of nitrogens with zero attached hydrogens (tertiary/aromatic N) is 2. The normalized spacial score (nSPS) is 11.7. The van der Waals surface area contributed by atoms with Crippen LogP contribution in [0, 0.1) is 0 Å². The average Bonchev–Trinajstić information content (AvgIpc) is 2.40. The molecule has 96 valence electrons. The third kappa shape index (κ3) is 3.84. The van der Waals surface area contributed by atoms with Crippen molar-refractivity contribution in [3.05, 3.63) is 30.3 Å². The molecule has 1 rings (SSSR count). The molecule has 0 saturated heterocycles. The molecule has 17 heavy (non-hydrogen) atoms. The summed E-state index contributed by atoms with van der Waals surface area (Å²) in [6.07, 6.45) is 0. The third-order valence-corrected chi connectivity index (χ3v) is 9.20. The molecule has 3 heteroatoms. The Morgan fingerprint density at radius 1 is 0.765 bits per heavy atom. The molecule has 0 aliphatic rings. The van der Waals surface area contributed by atoms with Crippen LogP contribution in [0.5, 0.6) is 0 Å².